The van der Waals surface area contributed by atoms with Crippen LogP contribution < -0.4 is 0 Å². The highest BCUT2D eigenvalue weighted by molar-refractivity contribution is 6.16. The normalized spacial score (nSPS) is 22.8. The van der Waals surface area contributed by atoms with Crippen molar-refractivity contribution in [2.45, 2.75) is 45.5 Å². The topological polar surface area (TPSA) is 17.8 Å². The number of aryl methyl sites for hydroxylation is 1. The van der Waals surface area contributed by atoms with Gasteiger partial charge in [-0.15, -0.1) is 11.6 Å². The minimum Gasteiger partial charge on any atom is -0.327 e. The van der Waals surface area contributed by atoms with Crippen molar-refractivity contribution in [2.75, 3.05) is 0 Å². The minimum atomic E-state index is -0.197. The molecule has 1 aromatic carbocycles. The van der Waals surface area contributed by atoms with Crippen LogP contribution in [0.3, 0.4) is 0 Å². The highest BCUT2D eigenvalue weighted by atomic mass is 35.5. The molecule has 3 rings (SSSR count). The molecule has 0 aliphatic heterocycles. The fourth-order valence-electron chi connectivity index (χ4n) is 3.33. The molecule has 0 spiro atoms. The average molecular weight is 295 g/mol. The number of aromatic nitrogens is 2. The van der Waals surface area contributed by atoms with Crippen LogP contribution in [-0.2, 0) is 12.4 Å². The molecule has 0 N–H and O–H groups in total. The number of imidazole rings is 1. The Hall–Kier alpha value is -1.09. The number of alkyl halides is 1. The summed E-state index contributed by atoms with van der Waals surface area (Å²) in [6.45, 7) is 5.07. The fourth-order valence-corrected chi connectivity index (χ4v) is 3.54. The lowest BCUT2D eigenvalue weighted by Gasteiger charge is -2.18. The van der Waals surface area contributed by atoms with Gasteiger partial charge in [0, 0.05) is 12.6 Å². The predicted octanol–water partition coefficient (Wildman–Crippen LogP) is 4.66. The van der Waals surface area contributed by atoms with Crippen LogP contribution in [0.25, 0.3) is 11.0 Å². The van der Waals surface area contributed by atoms with Crippen molar-refractivity contribution in [3.8, 4) is 0 Å². The van der Waals surface area contributed by atoms with E-state index in [1.807, 2.05) is 6.07 Å². The van der Waals surface area contributed by atoms with E-state index in [0.717, 1.165) is 29.3 Å². The van der Waals surface area contributed by atoms with E-state index in [4.69, 9.17) is 11.6 Å². The molecule has 2 atom stereocenters. The van der Waals surface area contributed by atoms with E-state index in [1.165, 1.54) is 25.3 Å². The molecule has 0 radical (unpaired) electrons. The molecule has 2 nitrogen and oxygen atoms in total. The first kappa shape index (κ1) is 13.9. The monoisotopic (exact) mass is 294 g/mol. The van der Waals surface area contributed by atoms with Crippen molar-refractivity contribution in [2.24, 2.45) is 11.8 Å². The number of benzene rings is 1. The molecule has 2 aromatic rings. The van der Waals surface area contributed by atoms with Gasteiger partial charge in [-0.3, -0.25) is 0 Å². The summed E-state index contributed by atoms with van der Waals surface area (Å²) >= 11 is 6.03. The summed E-state index contributed by atoms with van der Waals surface area (Å²) in [7, 11) is 0. The van der Waals surface area contributed by atoms with Crippen LogP contribution in [0.1, 0.15) is 37.6 Å². The average Bonchev–Trinajstić information content (AvgIpc) is 2.96. The number of hydrogen-bond acceptors (Lipinski definition) is 1. The Bertz CT molecular complexity index is 635. The predicted molar refractivity (Wildman–Crippen MR) is 80.5 cm³/mol. The van der Waals surface area contributed by atoms with E-state index in [9.17, 15) is 4.39 Å². The molecule has 2 unspecified atom stereocenters. The summed E-state index contributed by atoms with van der Waals surface area (Å²) < 4.78 is 15.9. The standard InChI is InChI=1S/C16H20ClFN2/c1-10-4-3-5-12(10)9-20-15-6-11(2)13(18)7-14(15)19-16(20)8-17/h6-7,10,12H,3-5,8-9H2,1-2H3. The molecule has 1 fully saturated rings. The van der Waals surface area contributed by atoms with Gasteiger partial charge in [-0.25, -0.2) is 9.37 Å². The molecule has 0 amide bonds. The Labute approximate surface area is 123 Å². The zero-order chi connectivity index (χ0) is 14.3. The largest absolute Gasteiger partial charge is 0.327 e. The van der Waals surface area contributed by atoms with E-state index < -0.39 is 0 Å². The zero-order valence-corrected chi connectivity index (χ0v) is 12.8. The molecule has 1 aromatic heterocycles. The second-order valence-electron chi connectivity index (χ2n) is 6.03. The van der Waals surface area contributed by atoms with Gasteiger partial charge in [0.1, 0.15) is 11.6 Å². The lowest BCUT2D eigenvalue weighted by atomic mass is 9.98. The SMILES string of the molecule is Cc1cc2c(cc1F)nc(CCl)n2CC1CCCC1C. The van der Waals surface area contributed by atoms with E-state index >= 15 is 0 Å². The van der Waals surface area contributed by atoms with Crippen LogP contribution in [-0.4, -0.2) is 9.55 Å². The van der Waals surface area contributed by atoms with Crippen LogP contribution in [0.4, 0.5) is 4.39 Å². The van der Waals surface area contributed by atoms with E-state index in [2.05, 4.69) is 16.5 Å². The summed E-state index contributed by atoms with van der Waals surface area (Å²) in [5, 5.41) is 0. The Kier molecular flexibility index (Phi) is 3.72. The van der Waals surface area contributed by atoms with Crippen molar-refractivity contribution >= 4 is 22.6 Å². The molecule has 108 valence electrons. The molecule has 1 aliphatic carbocycles. The van der Waals surface area contributed by atoms with Gasteiger partial charge in [-0.1, -0.05) is 19.8 Å². The summed E-state index contributed by atoms with van der Waals surface area (Å²) in [6.07, 6.45) is 3.88. The number of fused-ring (bicyclic) bond motifs is 1. The van der Waals surface area contributed by atoms with E-state index in [1.54, 1.807) is 6.92 Å². The van der Waals surface area contributed by atoms with Crippen LogP contribution in [0.5, 0.6) is 0 Å². The maximum absolute atomic E-state index is 13.7. The fraction of sp³-hybridized carbons (Fsp3) is 0.562. The van der Waals surface area contributed by atoms with Crippen molar-refractivity contribution < 1.29 is 4.39 Å². The van der Waals surface area contributed by atoms with Crippen LogP contribution >= 0.6 is 11.6 Å². The Morgan fingerprint density at radius 1 is 1.40 bits per heavy atom. The molecule has 20 heavy (non-hydrogen) atoms. The highest BCUT2D eigenvalue weighted by Crippen LogP contribution is 2.34. The molecular formula is C16H20ClFN2. The summed E-state index contributed by atoms with van der Waals surface area (Å²) in [5.41, 5.74) is 2.40. The Morgan fingerprint density at radius 2 is 2.20 bits per heavy atom. The second kappa shape index (κ2) is 5.36. The van der Waals surface area contributed by atoms with Gasteiger partial charge in [-0.2, -0.15) is 0 Å². The summed E-state index contributed by atoms with van der Waals surface area (Å²) in [5.74, 6) is 2.45. The highest BCUT2D eigenvalue weighted by Gasteiger charge is 2.25. The number of rotatable bonds is 3. The summed E-state index contributed by atoms with van der Waals surface area (Å²) in [4.78, 5) is 4.49. The van der Waals surface area contributed by atoms with Crippen LogP contribution in [0.2, 0.25) is 0 Å². The summed E-state index contributed by atoms with van der Waals surface area (Å²) in [6, 6.07) is 3.42. The molecule has 0 bridgehead atoms. The van der Waals surface area contributed by atoms with Crippen molar-refractivity contribution in [3.63, 3.8) is 0 Å². The van der Waals surface area contributed by atoms with Gasteiger partial charge in [0.05, 0.1) is 16.9 Å². The van der Waals surface area contributed by atoms with Gasteiger partial charge in [0.15, 0.2) is 0 Å². The second-order valence-corrected chi connectivity index (χ2v) is 6.30. The van der Waals surface area contributed by atoms with Crippen LogP contribution in [0, 0.1) is 24.6 Å². The third kappa shape index (κ3) is 2.32. The van der Waals surface area contributed by atoms with Gasteiger partial charge >= 0.3 is 0 Å². The van der Waals surface area contributed by atoms with Crippen molar-refractivity contribution in [1.82, 2.24) is 9.55 Å². The molecular weight excluding hydrogens is 275 g/mol. The number of nitrogens with zero attached hydrogens (tertiary/aromatic N) is 2. The first-order chi connectivity index (χ1) is 9.60. The van der Waals surface area contributed by atoms with Gasteiger partial charge in [0.2, 0.25) is 0 Å². The van der Waals surface area contributed by atoms with Crippen LogP contribution in [0.15, 0.2) is 12.1 Å². The first-order valence-corrected chi connectivity index (χ1v) is 7.85. The minimum absolute atomic E-state index is 0.197. The van der Waals surface area contributed by atoms with Gasteiger partial charge in [0.25, 0.3) is 0 Å². The molecule has 1 saturated carbocycles. The van der Waals surface area contributed by atoms with Gasteiger partial charge in [-0.05, 0) is 36.8 Å². The first-order valence-electron chi connectivity index (χ1n) is 7.31. The Balaban J connectivity index is 2.05. The lowest BCUT2D eigenvalue weighted by Crippen LogP contribution is -2.15. The molecule has 1 heterocycles. The van der Waals surface area contributed by atoms with Crippen molar-refractivity contribution in [3.05, 3.63) is 29.3 Å². The quantitative estimate of drug-likeness (QED) is 0.753. The third-order valence-corrected chi connectivity index (χ3v) is 4.92. The number of hydrogen-bond donors (Lipinski definition) is 0. The smallest absolute Gasteiger partial charge is 0.128 e. The zero-order valence-electron chi connectivity index (χ0n) is 12.0. The molecule has 4 heteroatoms. The maximum Gasteiger partial charge on any atom is 0.128 e. The van der Waals surface area contributed by atoms with Gasteiger partial charge < -0.3 is 4.57 Å². The maximum atomic E-state index is 13.7. The lowest BCUT2D eigenvalue weighted by molar-refractivity contribution is 0.364. The van der Waals surface area contributed by atoms with E-state index in [-0.39, 0.29) is 5.82 Å². The van der Waals surface area contributed by atoms with Crippen molar-refractivity contribution in [1.29, 1.82) is 0 Å². The Morgan fingerprint density at radius 3 is 2.85 bits per heavy atom. The molecule has 1 aliphatic rings. The van der Waals surface area contributed by atoms with E-state index in [0.29, 0.717) is 17.4 Å². The number of halogens is 2. The third-order valence-electron chi connectivity index (χ3n) is 4.68. The molecule has 0 saturated heterocycles.